The molecule has 1 saturated carbocycles. The lowest BCUT2D eigenvalue weighted by atomic mass is 10.1. The maximum atomic E-state index is 12.3. The molecular weight excluding hydrogens is 283 g/mol. The number of alkyl halides is 3. The lowest BCUT2D eigenvalue weighted by Crippen LogP contribution is -2.25. The van der Waals surface area contributed by atoms with Crippen molar-refractivity contribution in [1.82, 2.24) is 0 Å². The summed E-state index contributed by atoms with van der Waals surface area (Å²) in [6.45, 7) is -1.14. The van der Waals surface area contributed by atoms with Gasteiger partial charge in [-0.3, -0.25) is 4.79 Å². The van der Waals surface area contributed by atoms with Crippen molar-refractivity contribution in [3.63, 3.8) is 0 Å². The third-order valence-corrected chi connectivity index (χ3v) is 3.51. The zero-order valence-corrected chi connectivity index (χ0v) is 11.4. The van der Waals surface area contributed by atoms with E-state index in [9.17, 15) is 18.0 Å². The molecule has 0 aliphatic heterocycles. The van der Waals surface area contributed by atoms with E-state index in [-0.39, 0.29) is 23.6 Å². The smallest absolute Gasteiger partial charge is 0.375 e. The number of hydrogen-bond donors (Lipinski definition) is 3. The number of amides is 1. The summed E-state index contributed by atoms with van der Waals surface area (Å²) in [5.74, 6) is -0.361. The second kappa shape index (κ2) is 6.34. The van der Waals surface area contributed by atoms with E-state index < -0.39 is 12.7 Å². The number of carbonyl (C=O) groups excluding carboxylic acids is 1. The Morgan fingerprint density at radius 1 is 1.24 bits per heavy atom. The van der Waals surface area contributed by atoms with Crippen LogP contribution in [0, 0.1) is 5.92 Å². The van der Waals surface area contributed by atoms with Crippen molar-refractivity contribution in [3.8, 4) is 0 Å². The van der Waals surface area contributed by atoms with Gasteiger partial charge < -0.3 is 16.4 Å². The summed E-state index contributed by atoms with van der Waals surface area (Å²) < 4.78 is 36.8. The van der Waals surface area contributed by atoms with Crippen molar-refractivity contribution in [2.45, 2.75) is 31.5 Å². The fourth-order valence-electron chi connectivity index (χ4n) is 2.43. The Labute approximate surface area is 120 Å². The molecular formula is C14H18F3N3O. The normalized spacial score (nSPS) is 22.1. The molecule has 7 heteroatoms. The van der Waals surface area contributed by atoms with Gasteiger partial charge in [-0.1, -0.05) is 12.1 Å². The summed E-state index contributed by atoms with van der Waals surface area (Å²) in [7, 11) is 0. The van der Waals surface area contributed by atoms with Crippen molar-refractivity contribution in [2.24, 2.45) is 11.7 Å². The molecule has 0 heterocycles. The van der Waals surface area contributed by atoms with Crippen LogP contribution in [0.1, 0.15) is 19.3 Å². The van der Waals surface area contributed by atoms with Crippen molar-refractivity contribution in [3.05, 3.63) is 24.3 Å². The Morgan fingerprint density at radius 3 is 2.48 bits per heavy atom. The van der Waals surface area contributed by atoms with Crippen molar-refractivity contribution >= 4 is 17.3 Å². The van der Waals surface area contributed by atoms with E-state index in [2.05, 4.69) is 10.6 Å². The highest BCUT2D eigenvalue weighted by Gasteiger charge is 2.29. The molecule has 4 N–H and O–H groups in total. The molecule has 2 atom stereocenters. The van der Waals surface area contributed by atoms with Crippen LogP contribution in [0.5, 0.6) is 0 Å². The Bertz CT molecular complexity index is 504. The molecule has 21 heavy (non-hydrogen) atoms. The number of halogens is 3. The molecule has 0 aromatic heterocycles. The van der Waals surface area contributed by atoms with Gasteiger partial charge in [-0.15, -0.1) is 0 Å². The highest BCUT2D eigenvalue weighted by atomic mass is 19.4. The molecule has 2 rings (SSSR count). The predicted octanol–water partition coefficient (Wildman–Crippen LogP) is 2.73. The Kier molecular flexibility index (Phi) is 4.72. The third-order valence-electron chi connectivity index (χ3n) is 3.51. The van der Waals surface area contributed by atoms with Crippen LogP contribution in [0.2, 0.25) is 0 Å². The first-order valence-corrected chi connectivity index (χ1v) is 6.81. The average molecular weight is 301 g/mol. The van der Waals surface area contributed by atoms with Crippen LogP contribution < -0.4 is 16.4 Å². The Morgan fingerprint density at radius 2 is 1.90 bits per heavy atom. The van der Waals surface area contributed by atoms with Crippen molar-refractivity contribution in [1.29, 1.82) is 0 Å². The SMILES string of the molecule is NC1CCC(C(=O)Nc2ccccc2NCC(F)(F)F)C1. The molecule has 1 fully saturated rings. The molecule has 0 radical (unpaired) electrons. The van der Waals surface area contributed by atoms with Gasteiger partial charge in [0.2, 0.25) is 5.91 Å². The number of carbonyl (C=O) groups is 1. The van der Waals surface area contributed by atoms with Gasteiger partial charge >= 0.3 is 6.18 Å². The fraction of sp³-hybridized carbons (Fsp3) is 0.500. The molecule has 1 amide bonds. The highest BCUT2D eigenvalue weighted by Crippen LogP contribution is 2.28. The van der Waals surface area contributed by atoms with Gasteiger partial charge in [-0.2, -0.15) is 13.2 Å². The second-order valence-electron chi connectivity index (χ2n) is 5.27. The first kappa shape index (κ1) is 15.6. The Hall–Kier alpha value is -1.76. The molecule has 1 aromatic rings. The van der Waals surface area contributed by atoms with E-state index in [1.165, 1.54) is 6.07 Å². The first-order valence-electron chi connectivity index (χ1n) is 6.81. The van der Waals surface area contributed by atoms with E-state index in [1.807, 2.05) is 0 Å². The molecule has 0 spiro atoms. The van der Waals surface area contributed by atoms with Crippen LogP contribution in [0.4, 0.5) is 24.5 Å². The van der Waals surface area contributed by atoms with Crippen LogP contribution >= 0.6 is 0 Å². The van der Waals surface area contributed by atoms with Crippen LogP contribution in [0.3, 0.4) is 0 Å². The standard InChI is InChI=1S/C14H18F3N3O/c15-14(16,17)8-19-11-3-1-2-4-12(11)20-13(21)9-5-6-10(18)7-9/h1-4,9-10,19H,5-8,18H2,(H,20,21). The van der Waals surface area contributed by atoms with Crippen LogP contribution in [-0.4, -0.2) is 24.7 Å². The number of anilines is 2. The summed E-state index contributed by atoms with van der Waals surface area (Å²) in [4.78, 5) is 12.1. The van der Waals surface area contributed by atoms with Gasteiger partial charge in [-0.25, -0.2) is 0 Å². The van der Waals surface area contributed by atoms with E-state index in [1.54, 1.807) is 18.2 Å². The second-order valence-corrected chi connectivity index (χ2v) is 5.27. The highest BCUT2D eigenvalue weighted by molar-refractivity contribution is 5.95. The van der Waals surface area contributed by atoms with Crippen LogP contribution in [0.15, 0.2) is 24.3 Å². The summed E-state index contributed by atoms with van der Waals surface area (Å²) in [6.07, 6.45) is -2.18. The molecule has 1 aliphatic carbocycles. The molecule has 0 saturated heterocycles. The molecule has 1 aliphatic rings. The van der Waals surface area contributed by atoms with Gasteiger partial charge in [0.05, 0.1) is 11.4 Å². The fourth-order valence-corrected chi connectivity index (χ4v) is 2.43. The quantitative estimate of drug-likeness (QED) is 0.801. The summed E-state index contributed by atoms with van der Waals surface area (Å²) >= 11 is 0. The predicted molar refractivity (Wildman–Crippen MR) is 74.9 cm³/mol. The number of benzene rings is 1. The maximum Gasteiger partial charge on any atom is 0.405 e. The van der Waals surface area contributed by atoms with E-state index >= 15 is 0 Å². The van der Waals surface area contributed by atoms with Gasteiger partial charge in [0.25, 0.3) is 0 Å². The number of para-hydroxylation sites is 2. The van der Waals surface area contributed by atoms with Gasteiger partial charge in [0.1, 0.15) is 6.54 Å². The van der Waals surface area contributed by atoms with E-state index in [0.29, 0.717) is 18.5 Å². The largest absolute Gasteiger partial charge is 0.405 e. The minimum Gasteiger partial charge on any atom is -0.375 e. The zero-order valence-electron chi connectivity index (χ0n) is 11.4. The molecule has 2 unspecified atom stereocenters. The summed E-state index contributed by atoms with van der Waals surface area (Å²) in [5.41, 5.74) is 6.37. The van der Waals surface area contributed by atoms with Crippen molar-refractivity contribution < 1.29 is 18.0 Å². The van der Waals surface area contributed by atoms with Crippen LogP contribution in [-0.2, 0) is 4.79 Å². The van der Waals surface area contributed by atoms with Gasteiger partial charge in [0, 0.05) is 12.0 Å². The number of rotatable bonds is 4. The molecule has 4 nitrogen and oxygen atoms in total. The lowest BCUT2D eigenvalue weighted by molar-refractivity contribution is -0.119. The third kappa shape index (κ3) is 4.63. The van der Waals surface area contributed by atoms with E-state index in [4.69, 9.17) is 5.73 Å². The minimum absolute atomic E-state index is 0.0272. The minimum atomic E-state index is -4.31. The van der Waals surface area contributed by atoms with Crippen molar-refractivity contribution in [2.75, 3.05) is 17.2 Å². The first-order chi connectivity index (χ1) is 9.85. The van der Waals surface area contributed by atoms with Crippen LogP contribution in [0.25, 0.3) is 0 Å². The van der Waals surface area contributed by atoms with Gasteiger partial charge in [-0.05, 0) is 31.4 Å². The number of nitrogens with one attached hydrogen (secondary N) is 2. The number of hydrogen-bond acceptors (Lipinski definition) is 3. The van der Waals surface area contributed by atoms with Gasteiger partial charge in [0.15, 0.2) is 0 Å². The molecule has 0 bridgehead atoms. The average Bonchev–Trinajstić information content (AvgIpc) is 2.83. The van der Waals surface area contributed by atoms with E-state index in [0.717, 1.165) is 6.42 Å². The lowest BCUT2D eigenvalue weighted by Gasteiger charge is -2.16. The molecule has 1 aromatic carbocycles. The topological polar surface area (TPSA) is 67.2 Å². The monoisotopic (exact) mass is 301 g/mol. The summed E-state index contributed by atoms with van der Waals surface area (Å²) in [6, 6.07) is 6.38. The molecule has 116 valence electrons. The number of nitrogens with two attached hydrogens (primary N) is 1. The zero-order chi connectivity index (χ0) is 15.5. The maximum absolute atomic E-state index is 12.3. The summed E-state index contributed by atoms with van der Waals surface area (Å²) in [5, 5.41) is 4.98. The Balaban J connectivity index is 2.01.